The van der Waals surface area contributed by atoms with E-state index in [4.69, 9.17) is 0 Å². The predicted molar refractivity (Wildman–Crippen MR) is 295 cm³/mol. The summed E-state index contributed by atoms with van der Waals surface area (Å²) in [5.74, 6) is 0.659. The lowest BCUT2D eigenvalue weighted by molar-refractivity contribution is -0.642. The highest BCUT2D eigenvalue weighted by Crippen LogP contribution is 2.49. The van der Waals surface area contributed by atoms with Crippen LogP contribution in [0.4, 0.5) is 11.4 Å². The summed E-state index contributed by atoms with van der Waals surface area (Å²) in [5.41, 5.74) is 16.6. The first-order valence-electron chi connectivity index (χ1n) is 24.2. The third-order valence-corrected chi connectivity index (χ3v) is 18.0. The largest absolute Gasteiger partial charge is 0.338 e. The Morgan fingerprint density at radius 2 is 1.16 bits per heavy atom. The fourth-order valence-corrected chi connectivity index (χ4v) is 15.0. The van der Waals surface area contributed by atoms with Crippen LogP contribution < -0.4 is 18.9 Å². The molecule has 4 heterocycles. The Morgan fingerprint density at radius 1 is 0.627 bits per heavy atom. The van der Waals surface area contributed by atoms with Crippen molar-refractivity contribution in [1.29, 1.82) is 0 Å². The molecule has 0 bridgehead atoms. The number of hydrogen-bond donors (Lipinski definition) is 0. The number of hydrogen-bond acceptors (Lipinski definition) is 6. The number of aromatic nitrogens is 2. The number of thioether (sulfide) groups is 2. The lowest BCUT2D eigenvalue weighted by Crippen LogP contribution is -2.29. The van der Waals surface area contributed by atoms with E-state index in [0.29, 0.717) is 5.92 Å². The van der Waals surface area contributed by atoms with Crippen LogP contribution in [0, 0.1) is 39.0 Å². The van der Waals surface area contributed by atoms with Crippen LogP contribution in [0.3, 0.4) is 0 Å². The maximum atomic E-state index is 2.56. The highest BCUT2D eigenvalue weighted by Gasteiger charge is 2.30. The van der Waals surface area contributed by atoms with Crippen molar-refractivity contribution in [3.63, 3.8) is 0 Å². The normalized spacial score (nSPS) is 20.3. The molecule has 4 aliphatic rings. The molecule has 8 heteroatoms. The van der Waals surface area contributed by atoms with Crippen LogP contribution in [0.5, 0.6) is 0 Å². The molecular weight excluding hydrogens is 893 g/mol. The van der Waals surface area contributed by atoms with Gasteiger partial charge in [0.05, 0.1) is 21.4 Å². The molecular formula is C59H68N4S4+2. The van der Waals surface area contributed by atoms with Crippen molar-refractivity contribution in [3.8, 4) is 0 Å². The molecule has 6 aromatic rings. The van der Waals surface area contributed by atoms with Gasteiger partial charge < -0.3 is 9.80 Å². The Morgan fingerprint density at radius 3 is 1.81 bits per heavy atom. The van der Waals surface area contributed by atoms with Crippen LogP contribution in [0.25, 0.3) is 32.6 Å². The molecule has 10 rings (SSSR count). The number of fused-ring (bicyclic) bond motifs is 4. The van der Waals surface area contributed by atoms with E-state index in [2.05, 4.69) is 205 Å². The molecule has 1 atom stereocenters. The van der Waals surface area contributed by atoms with Crippen LogP contribution in [0.1, 0.15) is 105 Å². The van der Waals surface area contributed by atoms with Crippen LogP contribution in [-0.2, 0) is 14.1 Å². The quantitative estimate of drug-likeness (QED) is 0.111. The van der Waals surface area contributed by atoms with Crippen molar-refractivity contribution in [2.75, 3.05) is 23.4 Å². The lowest BCUT2D eigenvalue weighted by atomic mass is 9.75. The van der Waals surface area contributed by atoms with Crippen molar-refractivity contribution in [2.45, 2.75) is 110 Å². The first kappa shape index (κ1) is 47.5. The Kier molecular flexibility index (Phi) is 14.0. The standard InChI is InChI=1S/C32H39N2S2.C27H29N2S2/c1-7-8-9-14-34-27-13-11-23(3)16-29(27)36-31(34)19-25-17-24(20-32(4,5)21-25)18-30-33(6)26-12-10-22(2)15-28(26)35-30;1-17-6-8-22-24(12-17)30-26(28(22)4)15-20-10-19(3)11-21(14-20)16-27-29(5)23-9-7-18(2)13-25(23)31-27/h10-13,15-19H,7-9,14,20-21H2,1-6H3;6-9,12-16,19H,10-11H2,1-5H3/q2*+1. The summed E-state index contributed by atoms with van der Waals surface area (Å²) in [4.78, 5) is 7.66. The van der Waals surface area contributed by atoms with Crippen molar-refractivity contribution in [3.05, 3.63) is 162 Å². The van der Waals surface area contributed by atoms with Crippen molar-refractivity contribution < 1.29 is 9.13 Å². The summed E-state index contributed by atoms with van der Waals surface area (Å²) in [5, 5.41) is 5.36. The molecule has 2 aliphatic heterocycles. The summed E-state index contributed by atoms with van der Waals surface area (Å²) in [6.07, 6.45) is 22.9. The van der Waals surface area contributed by atoms with Gasteiger partial charge in [-0.25, -0.2) is 0 Å². The zero-order valence-corrected chi connectivity index (χ0v) is 44.8. The number of unbranched alkanes of at least 4 members (excludes halogenated alkanes) is 2. The van der Waals surface area contributed by atoms with Gasteiger partial charge in [-0.15, -0.1) is 0 Å². The first-order chi connectivity index (χ1) is 32.1. The minimum absolute atomic E-state index is 0.249. The molecule has 0 amide bonds. The van der Waals surface area contributed by atoms with E-state index < -0.39 is 0 Å². The number of anilines is 2. The zero-order chi connectivity index (χ0) is 47.1. The van der Waals surface area contributed by atoms with E-state index in [9.17, 15) is 0 Å². The molecule has 2 aliphatic carbocycles. The molecule has 0 N–H and O–H groups in total. The van der Waals surface area contributed by atoms with Gasteiger partial charge in [0.25, 0.3) is 10.0 Å². The molecule has 0 saturated carbocycles. The summed E-state index contributed by atoms with van der Waals surface area (Å²) in [7, 11) is 6.56. The Bertz CT molecular complexity index is 3080. The lowest BCUT2D eigenvalue weighted by Gasteiger charge is -2.31. The Balaban J connectivity index is 0.000000170. The zero-order valence-electron chi connectivity index (χ0n) is 41.5. The van der Waals surface area contributed by atoms with Gasteiger partial charge in [0.2, 0.25) is 11.0 Å². The highest BCUT2D eigenvalue weighted by atomic mass is 32.2. The second-order valence-electron chi connectivity index (χ2n) is 20.4. The Labute approximate surface area is 417 Å². The maximum absolute atomic E-state index is 2.56. The number of nitrogens with zero attached hydrogens (tertiary/aromatic N) is 4. The second-order valence-corrected chi connectivity index (χ2v) is 24.6. The molecule has 1 unspecified atom stereocenters. The molecule has 346 valence electrons. The van der Waals surface area contributed by atoms with Crippen LogP contribution >= 0.6 is 46.2 Å². The molecule has 0 radical (unpaired) electrons. The fourth-order valence-electron chi connectivity index (χ4n) is 10.1. The predicted octanol–water partition coefficient (Wildman–Crippen LogP) is 16.3. The van der Waals surface area contributed by atoms with Gasteiger partial charge in [0.1, 0.15) is 23.5 Å². The number of rotatable bonds is 8. The molecule has 0 saturated heterocycles. The fraction of sp³-hybridized carbons (Fsp3) is 0.356. The SMILES string of the molecule is CCCCCN1/C(=C/C2=CC(=C/c3sc4cc(C)ccc4[n+]3C)/CC(C)(C)C2)Sc2cc(C)ccc21.Cc1ccc2c(c1)S/C(=C\C1=CC(=C/c3sc4cc(C)ccc4[n+]3C)/CC(C)C1)N2C. The van der Waals surface area contributed by atoms with Crippen LogP contribution in [0.15, 0.2) is 139 Å². The van der Waals surface area contributed by atoms with Gasteiger partial charge in [0, 0.05) is 47.7 Å². The molecule has 4 aromatic carbocycles. The molecule has 2 aromatic heterocycles. The minimum Gasteiger partial charge on any atom is -0.338 e. The van der Waals surface area contributed by atoms with Gasteiger partial charge in [-0.05, 0) is 164 Å². The monoisotopic (exact) mass is 960 g/mol. The number of aryl methyl sites for hydroxylation is 6. The van der Waals surface area contributed by atoms with Gasteiger partial charge in [0.15, 0.2) is 0 Å². The van der Waals surface area contributed by atoms with Crippen molar-refractivity contribution >= 4 is 90.2 Å². The number of thiazole rings is 2. The Hall–Kier alpha value is -4.60. The van der Waals surface area contributed by atoms with Gasteiger partial charge in [-0.3, -0.25) is 0 Å². The summed E-state index contributed by atoms with van der Waals surface area (Å²) in [6.45, 7) is 19.3. The number of allylic oxidation sites excluding steroid dienone is 8. The summed E-state index contributed by atoms with van der Waals surface area (Å²) < 4.78 is 7.41. The maximum Gasteiger partial charge on any atom is 0.262 e. The van der Waals surface area contributed by atoms with E-state index in [0.717, 1.165) is 32.2 Å². The number of benzene rings is 4. The van der Waals surface area contributed by atoms with E-state index in [1.54, 1.807) is 0 Å². The van der Waals surface area contributed by atoms with E-state index >= 15 is 0 Å². The summed E-state index contributed by atoms with van der Waals surface area (Å²) in [6, 6.07) is 27.2. The molecule has 67 heavy (non-hydrogen) atoms. The molecule has 4 nitrogen and oxygen atoms in total. The van der Waals surface area contributed by atoms with Crippen molar-refractivity contribution in [1.82, 2.24) is 0 Å². The smallest absolute Gasteiger partial charge is 0.262 e. The van der Waals surface area contributed by atoms with Crippen molar-refractivity contribution in [2.24, 2.45) is 25.4 Å². The molecule has 0 spiro atoms. The van der Waals surface area contributed by atoms with E-state index in [1.807, 2.05) is 46.2 Å². The average Bonchev–Trinajstić information content (AvgIpc) is 3.95. The first-order valence-corrected chi connectivity index (χ1v) is 27.5. The van der Waals surface area contributed by atoms with Crippen LogP contribution in [0.2, 0.25) is 0 Å². The third-order valence-electron chi connectivity index (χ3n) is 13.4. The van der Waals surface area contributed by atoms with Crippen LogP contribution in [-0.4, -0.2) is 13.6 Å². The highest BCUT2D eigenvalue weighted by molar-refractivity contribution is 8.04. The minimum atomic E-state index is 0.249. The van der Waals surface area contributed by atoms with E-state index in [-0.39, 0.29) is 5.41 Å². The third kappa shape index (κ3) is 10.7. The van der Waals surface area contributed by atoms with Gasteiger partial charge >= 0.3 is 0 Å². The topological polar surface area (TPSA) is 14.2 Å². The molecule has 0 fully saturated rings. The van der Waals surface area contributed by atoms with Gasteiger partial charge in [-0.1, -0.05) is 123 Å². The van der Waals surface area contributed by atoms with Gasteiger partial charge in [-0.2, -0.15) is 9.13 Å². The summed E-state index contributed by atoms with van der Waals surface area (Å²) >= 11 is 7.63. The van der Waals surface area contributed by atoms with E-state index in [1.165, 1.54) is 125 Å². The average molecular weight is 961 g/mol. The second kappa shape index (κ2) is 19.8.